The van der Waals surface area contributed by atoms with Crippen molar-refractivity contribution in [3.63, 3.8) is 0 Å². The van der Waals surface area contributed by atoms with Gasteiger partial charge in [-0.3, -0.25) is 24.0 Å². The van der Waals surface area contributed by atoms with E-state index in [9.17, 15) is 48.3 Å². The molecule has 12 aromatic rings. The number of unbranched alkanes of at least 4 members (excludes halogenated alkanes) is 3. The molecule has 0 saturated carbocycles. The summed E-state index contributed by atoms with van der Waals surface area (Å²) in [6, 6.07) is 110. The van der Waals surface area contributed by atoms with Crippen LogP contribution in [-0.4, -0.2) is 100 Å². The van der Waals surface area contributed by atoms with Crippen LogP contribution in [0.4, 0.5) is 0 Å². The molecule has 12 rings (SSSR count). The quantitative estimate of drug-likeness (QED) is 0.00960. The Bertz CT molecular complexity index is 5270. The fourth-order valence-electron chi connectivity index (χ4n) is 13.8. The zero-order valence-corrected chi connectivity index (χ0v) is 84.5. The molecule has 0 amide bonds. The van der Waals surface area contributed by atoms with Crippen LogP contribution >= 0.6 is 14.1 Å². The van der Waals surface area contributed by atoms with Gasteiger partial charge in [-0.25, -0.2) is 14.4 Å². The van der Waals surface area contributed by atoms with E-state index < -0.39 is 32.1 Å². The Morgan fingerprint density at radius 2 is 0.630 bits per heavy atom. The van der Waals surface area contributed by atoms with Crippen molar-refractivity contribution in [1.29, 1.82) is 0 Å². The summed E-state index contributed by atoms with van der Waals surface area (Å²) in [7, 11) is 3.98. The van der Waals surface area contributed by atoms with E-state index in [1.54, 1.807) is 66.5 Å². The van der Waals surface area contributed by atoms with E-state index in [0.29, 0.717) is 48.5 Å². The summed E-state index contributed by atoms with van der Waals surface area (Å²) in [4.78, 5) is 96.5. The van der Waals surface area contributed by atoms with Gasteiger partial charge in [0.15, 0.2) is 0 Å². The number of hydrogen-bond donors (Lipinski definition) is 1. The fourth-order valence-corrected chi connectivity index (χ4v) is 21.9. The van der Waals surface area contributed by atoms with Gasteiger partial charge in [0, 0.05) is 53.4 Å². The molecule has 0 radical (unpaired) electrons. The van der Waals surface area contributed by atoms with Crippen molar-refractivity contribution in [3.8, 4) is 0 Å². The van der Waals surface area contributed by atoms with Crippen molar-refractivity contribution in [2.24, 2.45) is 0 Å². The summed E-state index contributed by atoms with van der Waals surface area (Å²) >= 11 is 0. The minimum absolute atomic E-state index is 0. The van der Waals surface area contributed by atoms with Crippen molar-refractivity contribution in [1.82, 2.24) is 0 Å². The number of carboxylic acids is 2. The van der Waals surface area contributed by atoms with E-state index in [0.717, 1.165) is 82.1 Å². The molecule has 0 bridgehead atoms. The normalized spacial score (nSPS) is 10.3. The molecule has 1 N–H and O–H groups in total. The molecule has 0 saturated heterocycles. The Kier molecular flexibility index (Phi) is 63.0. The van der Waals surface area contributed by atoms with Crippen LogP contribution in [0.5, 0.6) is 0 Å². The third kappa shape index (κ3) is 45.7. The number of carboxylic acid groups (broad SMARTS) is 2. The Hall–Kier alpha value is -12.1. The summed E-state index contributed by atoms with van der Waals surface area (Å²) in [5, 5.41) is 26.7. The average Bonchev–Trinajstić information content (AvgIpc) is 0.754. The Balaban J connectivity index is 0.000000526. The van der Waals surface area contributed by atoms with Gasteiger partial charge >= 0.3 is 59.4 Å². The first-order valence-corrected chi connectivity index (χ1v) is 48.7. The molecule has 0 aliphatic rings. The molecule has 0 fully saturated rings. The van der Waals surface area contributed by atoms with E-state index in [4.69, 9.17) is 9.84 Å². The number of ether oxygens (including phenoxy) is 4. The number of methoxy groups -OCH3 is 4. The van der Waals surface area contributed by atoms with Gasteiger partial charge in [0.2, 0.25) is 0 Å². The van der Waals surface area contributed by atoms with E-state index in [1.807, 2.05) is 103 Å². The van der Waals surface area contributed by atoms with Crippen molar-refractivity contribution >= 4 is 125 Å². The molecule has 0 heterocycles. The van der Waals surface area contributed by atoms with Gasteiger partial charge in [-0.2, -0.15) is 0 Å². The second-order valence-corrected chi connectivity index (χ2v) is 37.3. The van der Waals surface area contributed by atoms with Crippen LogP contribution in [0.1, 0.15) is 194 Å². The molecule has 0 atom stereocenters. The standard InChI is InChI=1S/C21H19O2P.C21H22P.C14H20O2.C14H16O2.2C13H18O2.C11H10O3.C8H6O2.CH4.BrH.Na/c1-23-21(22)17-24(18-11-5-2-6-12-18,19-13-7-3-8-14-19)20-15-9-4-10-16-20;1-2-18-22(19-12-6-3-7-13-19,20-14-8-4-9-15-20)21-16-10-5-11-17-21;2*1-3-4-6-12-7-5-8-13(11-12)9-10-14(15)16-2;2*1-2-3-5-11-6-4-7-12(10-11)8-9-13(14)15;1-14-11(13)6-5-9-3-2-4-10(7-9)8-12;9-5-7-2-1-3-8(4-7)6-10;;;/h2-17H,1H3;3-17H,2,18H2,1H3;5,7-8,11H,3-4,6,9-10H2,1-2H3;4-11H,3H2,1-2H3;2*4,6-7,10H,2-3,5,8-9H2,1H3,(H,14,15);2-8H,1H3;1-6H;1H4;1H;/q;+1;;;;;;;;;+1/p-2/b;;;6-4?,10-9+;;;6-5+;;;;. The zero-order valence-electron chi connectivity index (χ0n) is 79.1. The number of hydrogen-bond acceptors (Lipinski definition) is 14. The van der Waals surface area contributed by atoms with Crippen molar-refractivity contribution in [3.05, 3.63) is 413 Å². The van der Waals surface area contributed by atoms with Crippen molar-refractivity contribution in [2.75, 3.05) is 34.6 Å². The van der Waals surface area contributed by atoms with Crippen LogP contribution in [0, 0.1) is 0 Å². The number of carbonyl (C=O) groups is 9. The van der Waals surface area contributed by atoms with Crippen LogP contribution in [0.15, 0.2) is 346 Å². The summed E-state index contributed by atoms with van der Waals surface area (Å²) in [6.07, 6.45) is 29.1. The van der Waals surface area contributed by atoms with E-state index in [-0.39, 0.29) is 84.7 Å². The Morgan fingerprint density at radius 1 is 0.341 bits per heavy atom. The van der Waals surface area contributed by atoms with Crippen LogP contribution in [0.2, 0.25) is 0 Å². The molecule has 15 nitrogen and oxygen atoms in total. The number of aliphatic carboxylic acids is 2. The second kappa shape index (κ2) is 71.5. The number of carbonyl (C=O) groups excluding carboxylic acids is 8. The second-order valence-electron chi connectivity index (χ2n) is 30.4. The molecule has 0 spiro atoms. The van der Waals surface area contributed by atoms with Gasteiger partial charge in [-0.05, 0) is 217 Å². The van der Waals surface area contributed by atoms with Crippen LogP contribution in [0.3, 0.4) is 0 Å². The van der Waals surface area contributed by atoms with Crippen molar-refractivity contribution in [2.45, 2.75) is 151 Å². The maximum atomic E-state index is 12.3. The molecule has 0 unspecified atom stereocenters. The summed E-state index contributed by atoms with van der Waals surface area (Å²) in [5.74, 6) is -1.13. The third-order valence-corrected chi connectivity index (χ3v) is 29.2. The van der Waals surface area contributed by atoms with Gasteiger partial charge in [0.05, 0.1) is 34.6 Å². The summed E-state index contributed by atoms with van der Waals surface area (Å²) in [6.45, 7) is 8.70. The molecular formula is C116H132BrNaO15P2. The summed E-state index contributed by atoms with van der Waals surface area (Å²) in [5.41, 5.74) is 12.0. The van der Waals surface area contributed by atoms with Crippen LogP contribution in [0.25, 0.3) is 18.2 Å². The number of rotatable bonds is 36. The van der Waals surface area contributed by atoms with E-state index in [1.165, 1.54) is 130 Å². The van der Waals surface area contributed by atoms with Gasteiger partial charge in [0.1, 0.15) is 42.0 Å². The molecule has 12 aromatic carbocycles. The fraction of sp³-hybridized carbons (Fsp3) is 0.241. The van der Waals surface area contributed by atoms with Crippen molar-refractivity contribution < 1.29 is 119 Å². The number of esters is 4. The first kappa shape index (κ1) is 119. The van der Waals surface area contributed by atoms with Gasteiger partial charge in [-0.1, -0.05) is 346 Å². The Morgan fingerprint density at radius 3 is 0.926 bits per heavy atom. The van der Waals surface area contributed by atoms with Crippen LogP contribution < -0.4 is 83.5 Å². The SMILES string of the molecule is C.CCC=Cc1cccc(/C=C/C(=O)OC)c1.CCCCc1cccc(CCC(=O)O)c1.CCCCc1cccc(CCC(=O)OC)c1.CCCCc1cccc(CCC(=O)[O-])c1.CCC[P+](c1ccccc1)(c1ccccc1)c1ccccc1.COC(=O)/C=C/c1cccc(C=O)c1.COC(=O)C=P(c1ccccc1)(c1ccccc1)c1ccccc1.O=Cc1cccc(C=O)c1.[Br-].[Na+]. The van der Waals surface area contributed by atoms with E-state index >= 15 is 0 Å². The molecule has 0 aromatic heterocycles. The number of aldehydes is 3. The topological polar surface area (TPSA) is 234 Å². The smallest absolute Gasteiger partial charge is 1.00 e. The number of benzene rings is 12. The number of aryl methyl sites for hydroxylation is 6. The molecular weight excluding hydrogens is 1800 g/mol. The number of halogens is 1. The van der Waals surface area contributed by atoms with Gasteiger partial charge in [-0.15, -0.1) is 0 Å². The molecule has 704 valence electrons. The minimum Gasteiger partial charge on any atom is -1.00 e. The van der Waals surface area contributed by atoms with Gasteiger partial charge < -0.3 is 50.9 Å². The molecule has 0 aliphatic heterocycles. The predicted octanol–water partition coefficient (Wildman–Crippen LogP) is 16.2. The summed E-state index contributed by atoms with van der Waals surface area (Å²) < 4.78 is 18.6. The minimum atomic E-state index is -2.23. The van der Waals surface area contributed by atoms with Crippen LogP contribution in [-0.2, 0) is 86.2 Å². The average molecular weight is 1930 g/mol. The maximum absolute atomic E-state index is 12.3. The number of allylic oxidation sites excluding steroid dienone is 1. The largest absolute Gasteiger partial charge is 1.00 e. The monoisotopic (exact) mass is 1930 g/mol. The molecule has 135 heavy (non-hydrogen) atoms. The third-order valence-electron chi connectivity index (χ3n) is 20.6. The predicted molar refractivity (Wildman–Crippen MR) is 552 cm³/mol. The molecule has 0 aliphatic carbocycles. The Labute approximate surface area is 835 Å². The maximum Gasteiger partial charge on any atom is 1.00 e. The van der Waals surface area contributed by atoms with Gasteiger partial charge in [0.25, 0.3) is 0 Å². The zero-order chi connectivity index (χ0) is 95.7. The van der Waals surface area contributed by atoms with E-state index in [2.05, 4.69) is 237 Å². The molecule has 19 heteroatoms. The first-order chi connectivity index (χ1) is 64.2. The first-order valence-electron chi connectivity index (χ1n) is 44.8.